The van der Waals surface area contributed by atoms with Gasteiger partial charge in [-0.2, -0.15) is 5.10 Å². The topological polar surface area (TPSA) is 81.0 Å². The number of nitrogens with zero attached hydrogens (tertiary/aromatic N) is 5. The summed E-state index contributed by atoms with van der Waals surface area (Å²) < 4.78 is 1.53. The van der Waals surface area contributed by atoms with Crippen LogP contribution in [0.15, 0.2) is 47.4 Å². The highest BCUT2D eigenvalue weighted by Crippen LogP contribution is 2.20. The number of rotatable bonds is 3. The number of aromatic nitrogens is 4. The van der Waals surface area contributed by atoms with Crippen molar-refractivity contribution in [2.75, 3.05) is 13.1 Å². The van der Waals surface area contributed by atoms with Crippen LogP contribution in [0, 0.1) is 12.8 Å². The molecule has 0 spiro atoms. The Kier molecular flexibility index (Phi) is 4.66. The molecule has 7 nitrogen and oxygen atoms in total. The predicted octanol–water partition coefficient (Wildman–Crippen LogP) is 2.05. The van der Waals surface area contributed by atoms with Crippen LogP contribution in [0.1, 0.15) is 29.0 Å². The molecule has 27 heavy (non-hydrogen) atoms. The fourth-order valence-corrected chi connectivity index (χ4v) is 3.47. The van der Waals surface area contributed by atoms with E-state index in [0.29, 0.717) is 31.2 Å². The lowest BCUT2D eigenvalue weighted by Crippen LogP contribution is -2.40. The van der Waals surface area contributed by atoms with Crippen molar-refractivity contribution in [1.29, 1.82) is 0 Å². The highest BCUT2D eigenvalue weighted by atomic mass is 16.2. The number of carbonyl (C=O) groups is 1. The van der Waals surface area contributed by atoms with Crippen LogP contribution in [0.3, 0.4) is 0 Å². The number of para-hydroxylation sites is 2. The standard InChI is InChI=1S/C20H21N5O2/c1-14-6-7-19(26)25(23-14)13-15-8-10-24(11-9-15)20(27)18-12-21-16-4-2-3-5-17(16)22-18/h2-7,12,15H,8-11,13H2,1H3. The molecule has 0 atom stereocenters. The Morgan fingerprint density at radius 1 is 1.11 bits per heavy atom. The molecule has 0 saturated carbocycles. The summed E-state index contributed by atoms with van der Waals surface area (Å²) in [5.41, 5.74) is 2.64. The Morgan fingerprint density at radius 3 is 2.63 bits per heavy atom. The van der Waals surface area contributed by atoms with Gasteiger partial charge in [0.2, 0.25) is 0 Å². The van der Waals surface area contributed by atoms with E-state index in [9.17, 15) is 9.59 Å². The van der Waals surface area contributed by atoms with Gasteiger partial charge in [-0.15, -0.1) is 0 Å². The number of carbonyl (C=O) groups excluding carboxylic acids is 1. The minimum Gasteiger partial charge on any atom is -0.337 e. The number of aryl methyl sites for hydroxylation is 1. The molecule has 1 aromatic carbocycles. The average molecular weight is 363 g/mol. The fourth-order valence-electron chi connectivity index (χ4n) is 3.47. The predicted molar refractivity (Wildman–Crippen MR) is 101 cm³/mol. The van der Waals surface area contributed by atoms with E-state index in [0.717, 1.165) is 29.6 Å². The van der Waals surface area contributed by atoms with Crippen molar-refractivity contribution in [2.45, 2.75) is 26.3 Å². The Labute approximate surface area is 156 Å². The number of amides is 1. The molecule has 0 radical (unpaired) electrons. The third-order valence-electron chi connectivity index (χ3n) is 5.00. The van der Waals surface area contributed by atoms with Gasteiger partial charge < -0.3 is 4.90 Å². The number of piperidine rings is 1. The smallest absolute Gasteiger partial charge is 0.274 e. The first-order chi connectivity index (χ1) is 13.1. The Hall–Kier alpha value is -3.09. The van der Waals surface area contributed by atoms with E-state index in [1.807, 2.05) is 36.1 Å². The lowest BCUT2D eigenvalue weighted by Gasteiger charge is -2.31. The zero-order chi connectivity index (χ0) is 18.8. The van der Waals surface area contributed by atoms with Crippen LogP contribution >= 0.6 is 0 Å². The van der Waals surface area contributed by atoms with Crippen LogP contribution in [-0.2, 0) is 6.54 Å². The normalized spacial score (nSPS) is 15.2. The van der Waals surface area contributed by atoms with Crippen LogP contribution in [0.4, 0.5) is 0 Å². The van der Waals surface area contributed by atoms with Crippen molar-refractivity contribution in [3.05, 3.63) is 64.3 Å². The van der Waals surface area contributed by atoms with Gasteiger partial charge in [-0.3, -0.25) is 14.6 Å². The minimum atomic E-state index is -0.0856. The fraction of sp³-hybridized carbons (Fsp3) is 0.350. The third kappa shape index (κ3) is 3.72. The summed E-state index contributed by atoms with van der Waals surface area (Å²) in [6, 6.07) is 10.8. The molecule has 1 aliphatic rings. The second-order valence-electron chi connectivity index (χ2n) is 6.97. The van der Waals surface area contributed by atoms with Gasteiger partial charge in [-0.1, -0.05) is 12.1 Å². The summed E-state index contributed by atoms with van der Waals surface area (Å²) in [7, 11) is 0. The van der Waals surface area contributed by atoms with E-state index in [1.165, 1.54) is 4.68 Å². The minimum absolute atomic E-state index is 0.0782. The molecular formula is C20H21N5O2. The maximum Gasteiger partial charge on any atom is 0.274 e. The molecule has 4 rings (SSSR count). The second-order valence-corrected chi connectivity index (χ2v) is 6.97. The number of benzene rings is 1. The number of hydrogen-bond acceptors (Lipinski definition) is 5. The molecule has 1 saturated heterocycles. The lowest BCUT2D eigenvalue weighted by molar-refractivity contribution is 0.0674. The van der Waals surface area contributed by atoms with Gasteiger partial charge in [-0.05, 0) is 43.9 Å². The Bertz CT molecular complexity index is 1040. The summed E-state index contributed by atoms with van der Waals surface area (Å²) in [4.78, 5) is 35.3. The molecule has 2 aromatic heterocycles. The van der Waals surface area contributed by atoms with Crippen LogP contribution in [0.2, 0.25) is 0 Å². The van der Waals surface area contributed by atoms with E-state index in [1.54, 1.807) is 18.3 Å². The zero-order valence-corrected chi connectivity index (χ0v) is 15.2. The van der Waals surface area contributed by atoms with E-state index in [4.69, 9.17) is 0 Å². The van der Waals surface area contributed by atoms with Gasteiger partial charge in [0.15, 0.2) is 0 Å². The summed E-state index contributed by atoms with van der Waals surface area (Å²) in [6.45, 7) is 3.78. The first kappa shape index (κ1) is 17.3. The van der Waals surface area contributed by atoms with Crippen LogP contribution in [-0.4, -0.2) is 43.6 Å². The first-order valence-corrected chi connectivity index (χ1v) is 9.16. The number of fused-ring (bicyclic) bond motifs is 1. The highest BCUT2D eigenvalue weighted by Gasteiger charge is 2.25. The molecular weight excluding hydrogens is 342 g/mol. The molecule has 3 aromatic rings. The quantitative estimate of drug-likeness (QED) is 0.711. The Balaban J connectivity index is 1.41. The van der Waals surface area contributed by atoms with Gasteiger partial charge in [-0.25, -0.2) is 9.67 Å². The lowest BCUT2D eigenvalue weighted by atomic mass is 9.96. The van der Waals surface area contributed by atoms with Crippen molar-refractivity contribution < 1.29 is 4.79 Å². The van der Waals surface area contributed by atoms with Crippen LogP contribution in [0.25, 0.3) is 11.0 Å². The van der Waals surface area contributed by atoms with Crippen molar-refractivity contribution >= 4 is 16.9 Å². The molecule has 0 N–H and O–H groups in total. The summed E-state index contributed by atoms with van der Waals surface area (Å²) in [5, 5.41) is 4.30. The Morgan fingerprint density at radius 2 is 1.85 bits per heavy atom. The molecule has 1 amide bonds. The first-order valence-electron chi connectivity index (χ1n) is 9.16. The number of likely N-dealkylation sites (tertiary alicyclic amines) is 1. The van der Waals surface area contributed by atoms with Gasteiger partial charge >= 0.3 is 0 Å². The molecule has 3 heterocycles. The molecule has 0 unspecified atom stereocenters. The van der Waals surface area contributed by atoms with E-state index < -0.39 is 0 Å². The third-order valence-corrected chi connectivity index (χ3v) is 5.00. The molecule has 1 aliphatic heterocycles. The van der Waals surface area contributed by atoms with Gasteiger partial charge in [0.05, 0.1) is 22.9 Å². The molecule has 0 aliphatic carbocycles. The van der Waals surface area contributed by atoms with Gasteiger partial charge in [0, 0.05) is 25.7 Å². The highest BCUT2D eigenvalue weighted by molar-refractivity contribution is 5.93. The molecule has 7 heteroatoms. The molecule has 138 valence electrons. The number of hydrogen-bond donors (Lipinski definition) is 0. The summed E-state index contributed by atoms with van der Waals surface area (Å²) in [5.74, 6) is 0.251. The summed E-state index contributed by atoms with van der Waals surface area (Å²) in [6.07, 6.45) is 3.23. The maximum atomic E-state index is 12.8. The van der Waals surface area contributed by atoms with Crippen molar-refractivity contribution in [2.24, 2.45) is 5.92 Å². The van der Waals surface area contributed by atoms with E-state index in [2.05, 4.69) is 15.1 Å². The van der Waals surface area contributed by atoms with Crippen molar-refractivity contribution in [1.82, 2.24) is 24.6 Å². The van der Waals surface area contributed by atoms with Crippen LogP contribution < -0.4 is 5.56 Å². The SMILES string of the molecule is Cc1ccc(=O)n(CC2CCN(C(=O)c3cnc4ccccc4n3)CC2)n1. The molecule has 0 bridgehead atoms. The second kappa shape index (κ2) is 7.26. The maximum absolute atomic E-state index is 12.8. The largest absolute Gasteiger partial charge is 0.337 e. The monoisotopic (exact) mass is 363 g/mol. The van der Waals surface area contributed by atoms with E-state index in [-0.39, 0.29) is 11.5 Å². The molecule has 1 fully saturated rings. The zero-order valence-electron chi connectivity index (χ0n) is 15.2. The van der Waals surface area contributed by atoms with Gasteiger partial charge in [0.25, 0.3) is 11.5 Å². The average Bonchev–Trinajstić information content (AvgIpc) is 2.70. The van der Waals surface area contributed by atoms with Crippen LogP contribution in [0.5, 0.6) is 0 Å². The van der Waals surface area contributed by atoms with Gasteiger partial charge in [0.1, 0.15) is 5.69 Å². The van der Waals surface area contributed by atoms with Crippen molar-refractivity contribution in [3.8, 4) is 0 Å². The van der Waals surface area contributed by atoms with E-state index >= 15 is 0 Å². The summed E-state index contributed by atoms with van der Waals surface area (Å²) >= 11 is 0. The van der Waals surface area contributed by atoms with Crippen molar-refractivity contribution in [3.63, 3.8) is 0 Å².